The van der Waals surface area contributed by atoms with Crippen molar-refractivity contribution in [1.82, 2.24) is 0 Å². The number of carbonyl (C=O) groups excluding carboxylic acids is 1. The van der Waals surface area contributed by atoms with E-state index in [-0.39, 0.29) is 5.91 Å². The molecule has 0 saturated carbocycles. The Kier molecular flexibility index (Phi) is 8.15. The van der Waals surface area contributed by atoms with Gasteiger partial charge >= 0.3 is 0 Å². The molecule has 1 rings (SSSR count). The van der Waals surface area contributed by atoms with Crippen LogP contribution in [0.3, 0.4) is 0 Å². The summed E-state index contributed by atoms with van der Waals surface area (Å²) in [5, 5.41) is 11.5. The van der Waals surface area contributed by atoms with E-state index in [2.05, 4.69) is 12.2 Å². The lowest BCUT2D eigenvalue weighted by molar-refractivity contribution is -0.111. The fraction of sp³-hybridized carbons (Fsp3) is 0.438. The van der Waals surface area contributed by atoms with Crippen LogP contribution in [0.4, 0.5) is 5.69 Å². The van der Waals surface area contributed by atoms with E-state index in [1.165, 1.54) is 19.3 Å². The van der Waals surface area contributed by atoms with E-state index in [4.69, 9.17) is 9.84 Å². The molecule has 1 aromatic carbocycles. The molecule has 0 radical (unpaired) electrons. The van der Waals surface area contributed by atoms with E-state index in [0.717, 1.165) is 12.8 Å². The molecule has 0 heterocycles. The number of para-hydroxylation sites is 2. The molecule has 1 amide bonds. The van der Waals surface area contributed by atoms with Crippen LogP contribution in [0.1, 0.15) is 39.0 Å². The second-order valence-corrected chi connectivity index (χ2v) is 4.51. The number of nitrogens with one attached hydrogen (secondary N) is 1. The zero-order valence-electron chi connectivity index (χ0n) is 12.0. The Hall–Kier alpha value is -1.81. The molecule has 20 heavy (non-hydrogen) atoms. The van der Waals surface area contributed by atoms with Crippen molar-refractivity contribution in [2.75, 3.05) is 12.1 Å². The highest BCUT2D eigenvalue weighted by Crippen LogP contribution is 2.23. The number of carbonyl (C=O) groups is 1. The Balaban J connectivity index is 2.40. The molecule has 0 aliphatic carbocycles. The third kappa shape index (κ3) is 6.38. The minimum Gasteiger partial charge on any atom is -0.466 e. The van der Waals surface area contributed by atoms with Crippen molar-refractivity contribution in [3.63, 3.8) is 0 Å². The van der Waals surface area contributed by atoms with Crippen LogP contribution >= 0.6 is 0 Å². The molecule has 1 aromatic rings. The lowest BCUT2D eigenvalue weighted by atomic mass is 10.1. The monoisotopic (exact) mass is 277 g/mol. The number of rotatable bonds is 9. The first-order valence-corrected chi connectivity index (χ1v) is 7.08. The summed E-state index contributed by atoms with van der Waals surface area (Å²) in [5.74, 6) is 0.272. The first-order valence-electron chi connectivity index (χ1n) is 7.08. The number of hydrogen-bond donors (Lipinski definition) is 2. The summed E-state index contributed by atoms with van der Waals surface area (Å²) >= 11 is 0. The molecule has 0 saturated heterocycles. The number of unbranched alkanes of at least 4 members (excludes halogenated alkanes) is 4. The summed E-state index contributed by atoms with van der Waals surface area (Å²) in [6.07, 6.45) is 9.12. The van der Waals surface area contributed by atoms with E-state index < -0.39 is 6.79 Å². The molecule has 4 heteroatoms. The molecule has 110 valence electrons. The van der Waals surface area contributed by atoms with E-state index in [1.807, 2.05) is 6.08 Å². The summed E-state index contributed by atoms with van der Waals surface area (Å²) in [7, 11) is 0. The van der Waals surface area contributed by atoms with Gasteiger partial charge in [0.1, 0.15) is 5.75 Å². The summed E-state index contributed by atoms with van der Waals surface area (Å²) < 4.78 is 5.02. The van der Waals surface area contributed by atoms with E-state index in [1.54, 1.807) is 30.3 Å². The fourth-order valence-electron chi connectivity index (χ4n) is 1.82. The first kappa shape index (κ1) is 16.2. The van der Waals surface area contributed by atoms with Crippen LogP contribution in [0.5, 0.6) is 5.75 Å². The lowest BCUT2D eigenvalue weighted by Crippen LogP contribution is -2.09. The Morgan fingerprint density at radius 3 is 2.85 bits per heavy atom. The number of aliphatic hydroxyl groups excluding tert-OH is 1. The number of allylic oxidation sites excluding steroid dienone is 1. The predicted octanol–water partition coefficient (Wildman–Crippen LogP) is 3.48. The van der Waals surface area contributed by atoms with E-state index in [0.29, 0.717) is 11.4 Å². The van der Waals surface area contributed by atoms with Gasteiger partial charge in [0.15, 0.2) is 6.79 Å². The van der Waals surface area contributed by atoms with Gasteiger partial charge in [0.2, 0.25) is 5.91 Å². The quantitative estimate of drug-likeness (QED) is 0.413. The molecule has 2 N–H and O–H groups in total. The highest BCUT2D eigenvalue weighted by Gasteiger charge is 2.04. The molecule has 0 fully saturated rings. The summed E-state index contributed by atoms with van der Waals surface area (Å²) in [5.41, 5.74) is 0.558. The molecule has 0 aliphatic heterocycles. The van der Waals surface area contributed by atoms with Gasteiger partial charge in [-0.15, -0.1) is 0 Å². The maximum atomic E-state index is 11.7. The molecular weight excluding hydrogens is 254 g/mol. The number of benzene rings is 1. The molecule has 0 atom stereocenters. The smallest absolute Gasteiger partial charge is 0.248 e. The second kappa shape index (κ2) is 10.0. The highest BCUT2D eigenvalue weighted by atomic mass is 16.6. The average molecular weight is 277 g/mol. The number of amides is 1. The van der Waals surface area contributed by atoms with Gasteiger partial charge in [-0.25, -0.2) is 0 Å². The molecule has 0 aliphatic rings. The Labute approximate surface area is 120 Å². The molecule has 0 aromatic heterocycles. The summed E-state index contributed by atoms with van der Waals surface area (Å²) in [6, 6.07) is 7.01. The van der Waals surface area contributed by atoms with Crippen LogP contribution in [-0.4, -0.2) is 17.8 Å². The zero-order valence-corrected chi connectivity index (χ0v) is 12.0. The van der Waals surface area contributed by atoms with Gasteiger partial charge in [-0.1, -0.05) is 44.4 Å². The van der Waals surface area contributed by atoms with Crippen molar-refractivity contribution in [2.45, 2.75) is 39.0 Å². The van der Waals surface area contributed by atoms with E-state index >= 15 is 0 Å². The fourth-order valence-corrected chi connectivity index (χ4v) is 1.82. The molecule has 0 bridgehead atoms. The SMILES string of the molecule is CCCCCC/C=C/C(=O)Nc1ccccc1OCO. The number of hydrogen-bond acceptors (Lipinski definition) is 3. The first-order chi connectivity index (χ1) is 9.77. The minimum atomic E-state index is -0.417. The van der Waals surface area contributed by atoms with Crippen LogP contribution in [0.25, 0.3) is 0 Å². The maximum absolute atomic E-state index is 11.7. The van der Waals surface area contributed by atoms with Crippen molar-refractivity contribution >= 4 is 11.6 Å². The summed E-state index contributed by atoms with van der Waals surface area (Å²) in [4.78, 5) is 11.7. The van der Waals surface area contributed by atoms with Crippen LogP contribution in [0, 0.1) is 0 Å². The van der Waals surface area contributed by atoms with Gasteiger partial charge < -0.3 is 15.2 Å². The Morgan fingerprint density at radius 2 is 2.10 bits per heavy atom. The number of ether oxygens (including phenoxy) is 1. The van der Waals surface area contributed by atoms with Crippen LogP contribution in [-0.2, 0) is 4.79 Å². The van der Waals surface area contributed by atoms with E-state index in [9.17, 15) is 4.79 Å². The van der Waals surface area contributed by atoms with Crippen molar-refractivity contribution in [3.05, 3.63) is 36.4 Å². The topological polar surface area (TPSA) is 58.6 Å². The third-order valence-electron chi connectivity index (χ3n) is 2.86. The second-order valence-electron chi connectivity index (χ2n) is 4.51. The Morgan fingerprint density at radius 1 is 1.30 bits per heavy atom. The van der Waals surface area contributed by atoms with Crippen molar-refractivity contribution in [2.24, 2.45) is 0 Å². The molecule has 0 spiro atoms. The Bertz CT molecular complexity index is 429. The van der Waals surface area contributed by atoms with Crippen molar-refractivity contribution < 1.29 is 14.6 Å². The molecule has 0 unspecified atom stereocenters. The molecular formula is C16H23NO3. The normalized spacial score (nSPS) is 10.7. The van der Waals surface area contributed by atoms with Gasteiger partial charge in [0.25, 0.3) is 0 Å². The van der Waals surface area contributed by atoms with Gasteiger partial charge in [-0.3, -0.25) is 4.79 Å². The van der Waals surface area contributed by atoms with Gasteiger partial charge in [-0.05, 0) is 31.1 Å². The van der Waals surface area contributed by atoms with Gasteiger partial charge in [0, 0.05) is 0 Å². The maximum Gasteiger partial charge on any atom is 0.248 e. The van der Waals surface area contributed by atoms with Gasteiger partial charge in [0.05, 0.1) is 5.69 Å². The van der Waals surface area contributed by atoms with Crippen LogP contribution in [0.15, 0.2) is 36.4 Å². The van der Waals surface area contributed by atoms with Crippen molar-refractivity contribution in [1.29, 1.82) is 0 Å². The standard InChI is InChI=1S/C16H23NO3/c1-2-3-4-5-6-7-12-16(19)17-14-10-8-9-11-15(14)20-13-18/h7-12,18H,2-6,13H2,1H3,(H,17,19)/b12-7+. The van der Waals surface area contributed by atoms with Gasteiger partial charge in [-0.2, -0.15) is 0 Å². The van der Waals surface area contributed by atoms with Crippen LogP contribution in [0.2, 0.25) is 0 Å². The zero-order chi connectivity index (χ0) is 14.6. The largest absolute Gasteiger partial charge is 0.466 e. The predicted molar refractivity (Wildman–Crippen MR) is 80.7 cm³/mol. The lowest BCUT2D eigenvalue weighted by Gasteiger charge is -2.09. The van der Waals surface area contributed by atoms with Crippen molar-refractivity contribution in [3.8, 4) is 5.75 Å². The number of anilines is 1. The number of aliphatic hydroxyl groups is 1. The summed E-state index contributed by atoms with van der Waals surface area (Å²) in [6.45, 7) is 1.76. The highest BCUT2D eigenvalue weighted by molar-refractivity contribution is 6.00. The molecule has 4 nitrogen and oxygen atoms in total. The van der Waals surface area contributed by atoms with Crippen LogP contribution < -0.4 is 10.1 Å². The third-order valence-corrected chi connectivity index (χ3v) is 2.86. The minimum absolute atomic E-state index is 0.186. The average Bonchev–Trinajstić information content (AvgIpc) is 2.45.